The normalized spacial score (nSPS) is 14.1. The minimum Gasteiger partial charge on any atom is -0.497 e. The van der Waals surface area contributed by atoms with Crippen molar-refractivity contribution in [2.24, 2.45) is 5.92 Å². The molecule has 3 rings (SSSR count). The van der Waals surface area contributed by atoms with Crippen LogP contribution in [-0.4, -0.2) is 82.2 Å². The van der Waals surface area contributed by atoms with Gasteiger partial charge >= 0.3 is 6.09 Å². The number of hydrogen-bond acceptors (Lipinski definition) is 7. The van der Waals surface area contributed by atoms with Gasteiger partial charge < -0.3 is 19.3 Å². The summed E-state index contributed by atoms with van der Waals surface area (Å²) in [4.78, 5) is 28.2. The summed E-state index contributed by atoms with van der Waals surface area (Å²) in [6, 6.07) is 7.61. The maximum atomic E-state index is 12.7. The summed E-state index contributed by atoms with van der Waals surface area (Å²) in [5, 5.41) is 9.05. The molecule has 31 heavy (non-hydrogen) atoms. The molecule has 168 valence electrons. The number of methoxy groups -OCH3 is 1. The highest BCUT2D eigenvalue weighted by atomic mass is 32.2. The highest BCUT2D eigenvalue weighted by Crippen LogP contribution is 2.24. The first kappa shape index (κ1) is 22.9. The Hall–Kier alpha value is -2.75. The molecule has 1 aliphatic heterocycles. The molecular formula is C21H29N5O4S. The Bertz CT molecular complexity index is 892. The van der Waals surface area contributed by atoms with Crippen molar-refractivity contribution < 1.29 is 19.1 Å². The number of nitrogens with zero attached hydrogens (tertiary/aromatic N) is 5. The van der Waals surface area contributed by atoms with Crippen molar-refractivity contribution in [3.63, 3.8) is 0 Å². The Morgan fingerprint density at radius 3 is 2.32 bits per heavy atom. The Labute approximate surface area is 186 Å². The average Bonchev–Trinajstić information content (AvgIpc) is 3.16. The van der Waals surface area contributed by atoms with Crippen molar-refractivity contribution >= 4 is 23.8 Å². The molecule has 9 nitrogen and oxygen atoms in total. The Morgan fingerprint density at radius 2 is 1.71 bits per heavy atom. The quantitative estimate of drug-likeness (QED) is 0.603. The standard InChI is InChI=1S/C21H29N5O4S/c1-15(2)13-30-21(28)25-11-9-24(10-12-25)19(27)14-31-20-23-22-16(3)26(20)17-5-7-18(29-4)8-6-17/h5-8,15H,9-14H2,1-4H3. The van der Waals surface area contributed by atoms with Crippen molar-refractivity contribution in [2.45, 2.75) is 25.9 Å². The number of amides is 2. The number of aryl methyl sites for hydroxylation is 1. The van der Waals surface area contributed by atoms with Gasteiger partial charge in [-0.15, -0.1) is 10.2 Å². The number of ether oxygens (including phenoxy) is 2. The molecule has 2 aromatic rings. The molecule has 0 saturated carbocycles. The van der Waals surface area contributed by atoms with Crippen molar-refractivity contribution in [1.82, 2.24) is 24.6 Å². The van der Waals surface area contributed by atoms with Gasteiger partial charge in [0.1, 0.15) is 11.6 Å². The summed E-state index contributed by atoms with van der Waals surface area (Å²) in [6.07, 6.45) is -0.307. The molecule has 2 amide bonds. The number of carbonyl (C=O) groups is 2. The highest BCUT2D eigenvalue weighted by Gasteiger charge is 2.25. The van der Waals surface area contributed by atoms with E-state index < -0.39 is 0 Å². The van der Waals surface area contributed by atoms with Gasteiger partial charge in [0.15, 0.2) is 5.16 Å². The van der Waals surface area contributed by atoms with Gasteiger partial charge in [0.05, 0.1) is 19.5 Å². The zero-order valence-electron chi connectivity index (χ0n) is 18.4. The maximum absolute atomic E-state index is 12.7. The molecule has 1 aromatic carbocycles. The van der Waals surface area contributed by atoms with Gasteiger partial charge in [0, 0.05) is 31.9 Å². The second-order valence-electron chi connectivity index (χ2n) is 7.69. The van der Waals surface area contributed by atoms with Gasteiger partial charge in [-0.1, -0.05) is 25.6 Å². The van der Waals surface area contributed by atoms with E-state index in [0.717, 1.165) is 17.3 Å². The number of benzene rings is 1. The second kappa shape index (κ2) is 10.5. The van der Waals surface area contributed by atoms with Gasteiger partial charge in [-0.3, -0.25) is 9.36 Å². The van der Waals surface area contributed by atoms with Gasteiger partial charge in [0.25, 0.3) is 0 Å². The monoisotopic (exact) mass is 447 g/mol. The Kier molecular flexibility index (Phi) is 7.78. The van der Waals surface area contributed by atoms with E-state index in [9.17, 15) is 9.59 Å². The van der Waals surface area contributed by atoms with E-state index in [0.29, 0.717) is 43.9 Å². The Balaban J connectivity index is 1.53. The van der Waals surface area contributed by atoms with Crippen LogP contribution in [0.3, 0.4) is 0 Å². The van der Waals surface area contributed by atoms with Crippen LogP contribution in [0.4, 0.5) is 4.79 Å². The molecule has 0 unspecified atom stereocenters. The summed E-state index contributed by atoms with van der Waals surface area (Å²) >= 11 is 1.35. The van der Waals surface area contributed by atoms with Crippen LogP contribution in [0.25, 0.3) is 5.69 Å². The van der Waals surface area contributed by atoms with Crippen LogP contribution < -0.4 is 4.74 Å². The minimum atomic E-state index is -0.307. The molecule has 1 aromatic heterocycles. The zero-order chi connectivity index (χ0) is 22.4. The molecule has 10 heteroatoms. The lowest BCUT2D eigenvalue weighted by atomic mass is 10.2. The van der Waals surface area contributed by atoms with E-state index in [1.165, 1.54) is 11.8 Å². The fraction of sp³-hybridized carbons (Fsp3) is 0.524. The van der Waals surface area contributed by atoms with Gasteiger partial charge in [-0.25, -0.2) is 4.79 Å². The number of piperazine rings is 1. The Morgan fingerprint density at radius 1 is 1.06 bits per heavy atom. The second-order valence-corrected chi connectivity index (χ2v) is 8.63. The number of thioether (sulfide) groups is 1. The van der Waals surface area contributed by atoms with Crippen LogP contribution in [0.2, 0.25) is 0 Å². The van der Waals surface area contributed by atoms with Crippen LogP contribution in [-0.2, 0) is 9.53 Å². The number of rotatable bonds is 7. The largest absolute Gasteiger partial charge is 0.497 e. The third-order valence-electron chi connectivity index (χ3n) is 4.88. The van der Waals surface area contributed by atoms with Crippen LogP contribution in [0, 0.1) is 12.8 Å². The SMILES string of the molecule is COc1ccc(-n2c(C)nnc2SCC(=O)N2CCN(C(=O)OCC(C)C)CC2)cc1. The molecule has 0 radical (unpaired) electrons. The molecule has 0 N–H and O–H groups in total. The molecule has 0 spiro atoms. The van der Waals surface area contributed by atoms with E-state index in [1.807, 2.05) is 49.6 Å². The van der Waals surface area contributed by atoms with Gasteiger partial charge in [-0.2, -0.15) is 0 Å². The first-order chi connectivity index (χ1) is 14.9. The van der Waals surface area contributed by atoms with E-state index in [4.69, 9.17) is 9.47 Å². The lowest BCUT2D eigenvalue weighted by Gasteiger charge is -2.34. The van der Waals surface area contributed by atoms with Crippen LogP contribution in [0.1, 0.15) is 19.7 Å². The van der Waals surface area contributed by atoms with E-state index in [-0.39, 0.29) is 17.8 Å². The predicted octanol–water partition coefficient (Wildman–Crippen LogP) is 2.61. The van der Waals surface area contributed by atoms with Gasteiger partial charge in [-0.05, 0) is 37.1 Å². The minimum absolute atomic E-state index is 0.0159. The molecule has 2 heterocycles. The summed E-state index contributed by atoms with van der Waals surface area (Å²) in [5.41, 5.74) is 0.909. The smallest absolute Gasteiger partial charge is 0.409 e. The maximum Gasteiger partial charge on any atom is 0.409 e. The molecule has 0 bridgehead atoms. The third kappa shape index (κ3) is 5.90. The summed E-state index contributed by atoms with van der Waals surface area (Å²) in [6.45, 7) is 8.24. The molecule has 1 fully saturated rings. The lowest BCUT2D eigenvalue weighted by Crippen LogP contribution is -2.51. The summed E-state index contributed by atoms with van der Waals surface area (Å²) in [5.74, 6) is 2.08. The topological polar surface area (TPSA) is 89.8 Å². The van der Waals surface area contributed by atoms with Crippen molar-refractivity contribution in [1.29, 1.82) is 0 Å². The van der Waals surface area contributed by atoms with Crippen LogP contribution in [0.15, 0.2) is 29.4 Å². The first-order valence-electron chi connectivity index (χ1n) is 10.3. The van der Waals surface area contributed by atoms with Gasteiger partial charge in [0.2, 0.25) is 5.91 Å². The number of hydrogen-bond donors (Lipinski definition) is 0. The van der Waals surface area contributed by atoms with Crippen LogP contribution in [0.5, 0.6) is 5.75 Å². The predicted molar refractivity (Wildman–Crippen MR) is 118 cm³/mol. The molecule has 1 aliphatic rings. The fourth-order valence-corrected chi connectivity index (χ4v) is 4.05. The molecular weight excluding hydrogens is 418 g/mol. The van der Waals surface area contributed by atoms with E-state index >= 15 is 0 Å². The van der Waals surface area contributed by atoms with Crippen LogP contribution >= 0.6 is 11.8 Å². The average molecular weight is 448 g/mol. The van der Waals surface area contributed by atoms with Crippen molar-refractivity contribution in [3.05, 3.63) is 30.1 Å². The highest BCUT2D eigenvalue weighted by molar-refractivity contribution is 7.99. The summed E-state index contributed by atoms with van der Waals surface area (Å²) in [7, 11) is 1.63. The fourth-order valence-electron chi connectivity index (χ4n) is 3.15. The number of carbonyl (C=O) groups excluding carboxylic acids is 2. The zero-order valence-corrected chi connectivity index (χ0v) is 19.2. The first-order valence-corrected chi connectivity index (χ1v) is 11.3. The lowest BCUT2D eigenvalue weighted by molar-refractivity contribution is -0.129. The van der Waals surface area contributed by atoms with Crippen molar-refractivity contribution in [2.75, 3.05) is 45.6 Å². The molecule has 1 saturated heterocycles. The summed E-state index contributed by atoms with van der Waals surface area (Å²) < 4.78 is 12.4. The molecule has 0 atom stereocenters. The molecule has 0 aliphatic carbocycles. The number of aromatic nitrogens is 3. The van der Waals surface area contributed by atoms with E-state index in [2.05, 4.69) is 10.2 Å². The third-order valence-corrected chi connectivity index (χ3v) is 5.79. The van der Waals surface area contributed by atoms with Crippen molar-refractivity contribution in [3.8, 4) is 11.4 Å². The van der Waals surface area contributed by atoms with E-state index in [1.54, 1.807) is 16.9 Å².